The topological polar surface area (TPSA) is 67.4 Å². The highest BCUT2D eigenvalue weighted by molar-refractivity contribution is 7.10. The van der Waals surface area contributed by atoms with E-state index in [0.29, 0.717) is 11.7 Å². The van der Waals surface area contributed by atoms with Crippen LogP contribution in [0.2, 0.25) is 0 Å². The molecule has 0 unspecified atom stereocenters. The number of thiophene rings is 1. The molecule has 0 atom stereocenters. The van der Waals surface area contributed by atoms with Gasteiger partial charge in [0, 0.05) is 11.0 Å². The van der Waals surface area contributed by atoms with Gasteiger partial charge in [0.1, 0.15) is 5.75 Å². The molecule has 0 aliphatic rings. The van der Waals surface area contributed by atoms with Crippen LogP contribution in [0.3, 0.4) is 0 Å². The maximum Gasteiger partial charge on any atom is 0.276 e. The molecule has 6 heteroatoms. The molecule has 2 rings (SSSR count). The lowest BCUT2D eigenvalue weighted by Gasteiger charge is -2.13. The molecule has 1 aromatic carbocycles. The van der Waals surface area contributed by atoms with E-state index in [0.717, 1.165) is 10.4 Å². The number of carbonyl (C=O) groups excluding carboxylic acids is 2. The molecule has 2 N–H and O–H groups in total. The Morgan fingerprint density at radius 3 is 2.67 bits per heavy atom. The quantitative estimate of drug-likeness (QED) is 0.625. The monoisotopic (exact) mass is 344 g/mol. The number of hydrogen-bond acceptors (Lipinski definition) is 4. The normalized spacial score (nSPS) is 10.8. The van der Waals surface area contributed by atoms with Crippen molar-refractivity contribution < 1.29 is 14.3 Å². The van der Waals surface area contributed by atoms with Gasteiger partial charge in [-0.1, -0.05) is 38.1 Å². The van der Waals surface area contributed by atoms with Crippen LogP contribution in [0.5, 0.6) is 5.75 Å². The Bertz CT molecular complexity index is 709. The van der Waals surface area contributed by atoms with Crippen LogP contribution < -0.4 is 15.6 Å². The summed E-state index contributed by atoms with van der Waals surface area (Å²) < 4.78 is 5.53. The smallest absolute Gasteiger partial charge is 0.276 e. The summed E-state index contributed by atoms with van der Waals surface area (Å²) in [5, 5.41) is 1.92. The molecule has 0 bridgehead atoms. The Hall–Kier alpha value is -2.60. The molecule has 24 heavy (non-hydrogen) atoms. The third-order valence-corrected chi connectivity index (χ3v) is 4.00. The van der Waals surface area contributed by atoms with E-state index in [2.05, 4.69) is 24.7 Å². The van der Waals surface area contributed by atoms with Crippen LogP contribution in [-0.2, 0) is 9.59 Å². The van der Waals surface area contributed by atoms with Gasteiger partial charge >= 0.3 is 0 Å². The molecular weight excluding hydrogens is 324 g/mol. The highest BCUT2D eigenvalue weighted by Crippen LogP contribution is 2.25. The zero-order valence-electron chi connectivity index (χ0n) is 13.6. The van der Waals surface area contributed by atoms with E-state index < -0.39 is 11.8 Å². The van der Waals surface area contributed by atoms with Crippen molar-refractivity contribution in [3.05, 3.63) is 58.3 Å². The van der Waals surface area contributed by atoms with Gasteiger partial charge in [-0.3, -0.25) is 20.4 Å². The Morgan fingerprint density at radius 1 is 1.17 bits per heavy atom. The van der Waals surface area contributed by atoms with Crippen molar-refractivity contribution in [1.82, 2.24) is 10.9 Å². The van der Waals surface area contributed by atoms with Gasteiger partial charge in [-0.15, -0.1) is 11.3 Å². The second-order valence-electron chi connectivity index (χ2n) is 5.37. The Labute approximate surface area is 145 Å². The van der Waals surface area contributed by atoms with E-state index in [4.69, 9.17) is 4.74 Å². The molecule has 0 saturated heterocycles. The van der Waals surface area contributed by atoms with Crippen LogP contribution in [-0.4, -0.2) is 18.4 Å². The van der Waals surface area contributed by atoms with Gasteiger partial charge in [-0.25, -0.2) is 0 Å². The second-order valence-corrected chi connectivity index (χ2v) is 6.35. The fourth-order valence-electron chi connectivity index (χ4n) is 1.99. The van der Waals surface area contributed by atoms with E-state index >= 15 is 0 Å². The highest BCUT2D eigenvalue weighted by atomic mass is 32.1. The summed E-state index contributed by atoms with van der Waals surface area (Å²) in [5.41, 5.74) is 5.67. The molecule has 2 aromatic rings. The van der Waals surface area contributed by atoms with Gasteiger partial charge in [0.05, 0.1) is 0 Å². The number of hydrazine groups is 1. The van der Waals surface area contributed by atoms with Crippen LogP contribution in [0.1, 0.15) is 30.2 Å². The maximum absolute atomic E-state index is 11.8. The lowest BCUT2D eigenvalue weighted by molar-refractivity contribution is -0.128. The van der Waals surface area contributed by atoms with Gasteiger partial charge in [-0.05, 0) is 35.1 Å². The highest BCUT2D eigenvalue weighted by Gasteiger charge is 2.09. The number of benzene rings is 1. The van der Waals surface area contributed by atoms with E-state index in [1.54, 1.807) is 6.08 Å². The summed E-state index contributed by atoms with van der Waals surface area (Å²) in [5.74, 6) is 0.142. The first-order valence-corrected chi connectivity index (χ1v) is 8.46. The SMILES string of the molecule is CC(C)c1ccccc1OCC(=O)NNC(=O)C=Cc1cccs1. The molecule has 1 heterocycles. The second kappa shape index (κ2) is 8.88. The molecule has 5 nitrogen and oxygen atoms in total. The molecule has 1 aromatic heterocycles. The minimum atomic E-state index is -0.425. The number of ether oxygens (including phenoxy) is 1. The largest absolute Gasteiger partial charge is 0.483 e. The predicted molar refractivity (Wildman–Crippen MR) is 95.7 cm³/mol. The van der Waals surface area contributed by atoms with Crippen LogP contribution in [0.25, 0.3) is 6.08 Å². The standard InChI is InChI=1S/C18H20N2O3S/c1-13(2)15-7-3-4-8-16(15)23-12-18(22)20-19-17(21)10-9-14-6-5-11-24-14/h3-11,13H,12H2,1-2H3,(H,19,21)(H,20,22). The van der Waals surface area contributed by atoms with E-state index in [1.165, 1.54) is 17.4 Å². The van der Waals surface area contributed by atoms with Gasteiger partial charge in [0.25, 0.3) is 11.8 Å². The van der Waals surface area contributed by atoms with Crippen molar-refractivity contribution in [2.24, 2.45) is 0 Å². The molecular formula is C18H20N2O3S. The number of amides is 2. The fourth-order valence-corrected chi connectivity index (χ4v) is 2.60. The van der Waals surface area contributed by atoms with E-state index in [1.807, 2.05) is 41.8 Å². The Kier molecular flexibility index (Phi) is 6.57. The van der Waals surface area contributed by atoms with Gasteiger partial charge in [-0.2, -0.15) is 0 Å². The molecule has 2 amide bonds. The van der Waals surface area contributed by atoms with Crippen molar-refractivity contribution in [2.75, 3.05) is 6.61 Å². The zero-order chi connectivity index (χ0) is 17.4. The first-order chi connectivity index (χ1) is 11.6. The molecule has 0 aliphatic heterocycles. The molecule has 0 saturated carbocycles. The molecule has 0 aliphatic carbocycles. The summed E-state index contributed by atoms with van der Waals surface area (Å²) in [6.07, 6.45) is 3.04. The number of para-hydroxylation sites is 1. The maximum atomic E-state index is 11.8. The van der Waals surface area contributed by atoms with Crippen molar-refractivity contribution in [1.29, 1.82) is 0 Å². The molecule has 0 spiro atoms. The lowest BCUT2D eigenvalue weighted by Crippen LogP contribution is -2.43. The summed E-state index contributed by atoms with van der Waals surface area (Å²) >= 11 is 1.52. The molecule has 0 fully saturated rings. The average Bonchev–Trinajstić information content (AvgIpc) is 3.10. The lowest BCUT2D eigenvalue weighted by atomic mass is 10.0. The Balaban J connectivity index is 1.77. The van der Waals surface area contributed by atoms with E-state index in [-0.39, 0.29) is 6.61 Å². The number of carbonyl (C=O) groups is 2. The van der Waals surface area contributed by atoms with Crippen LogP contribution in [0, 0.1) is 0 Å². The summed E-state index contributed by atoms with van der Waals surface area (Å²) in [6.45, 7) is 3.95. The van der Waals surface area contributed by atoms with Crippen LogP contribution in [0.4, 0.5) is 0 Å². The first kappa shape index (κ1) is 17.7. The number of rotatable bonds is 6. The number of hydrogen-bond donors (Lipinski definition) is 2. The fraction of sp³-hybridized carbons (Fsp3) is 0.222. The van der Waals surface area contributed by atoms with Gasteiger partial charge < -0.3 is 4.74 Å². The van der Waals surface area contributed by atoms with Crippen LogP contribution >= 0.6 is 11.3 Å². The molecule has 126 valence electrons. The minimum Gasteiger partial charge on any atom is -0.483 e. The van der Waals surface area contributed by atoms with Gasteiger partial charge in [0.2, 0.25) is 0 Å². The van der Waals surface area contributed by atoms with Gasteiger partial charge in [0.15, 0.2) is 6.61 Å². The third-order valence-electron chi connectivity index (χ3n) is 3.17. The first-order valence-electron chi connectivity index (χ1n) is 7.58. The number of nitrogens with one attached hydrogen (secondary N) is 2. The van der Waals surface area contributed by atoms with Crippen molar-refractivity contribution in [3.8, 4) is 5.75 Å². The zero-order valence-corrected chi connectivity index (χ0v) is 14.4. The third kappa shape index (κ3) is 5.55. The van der Waals surface area contributed by atoms with Crippen molar-refractivity contribution >= 4 is 29.2 Å². The minimum absolute atomic E-state index is 0.168. The summed E-state index contributed by atoms with van der Waals surface area (Å²) in [6, 6.07) is 11.4. The van der Waals surface area contributed by atoms with Crippen LogP contribution in [0.15, 0.2) is 47.9 Å². The van der Waals surface area contributed by atoms with E-state index in [9.17, 15) is 9.59 Å². The predicted octanol–water partition coefficient (Wildman–Crippen LogP) is 3.11. The Morgan fingerprint density at radius 2 is 1.96 bits per heavy atom. The van der Waals surface area contributed by atoms with Crippen molar-refractivity contribution in [3.63, 3.8) is 0 Å². The summed E-state index contributed by atoms with van der Waals surface area (Å²) in [7, 11) is 0. The summed E-state index contributed by atoms with van der Waals surface area (Å²) in [4.78, 5) is 24.3. The average molecular weight is 344 g/mol. The molecule has 0 radical (unpaired) electrons. The van der Waals surface area contributed by atoms with Crippen molar-refractivity contribution in [2.45, 2.75) is 19.8 Å².